The number of nitrogens with two attached hydrogens (primary N) is 1. The second-order valence-electron chi connectivity index (χ2n) is 15.7. The fourth-order valence-corrected chi connectivity index (χ4v) is 6.31. The molecule has 0 bridgehead atoms. The molecule has 3 unspecified atom stereocenters. The fourth-order valence-electron chi connectivity index (χ4n) is 6.31. The number of hydroxylamine groups is 2. The number of benzene rings is 3. The van der Waals surface area contributed by atoms with E-state index in [4.69, 9.17) is 25.1 Å². The van der Waals surface area contributed by atoms with Gasteiger partial charge in [0.2, 0.25) is 0 Å². The number of aliphatic carboxylic acids is 1. The second-order valence-corrected chi connectivity index (χ2v) is 15.7. The van der Waals surface area contributed by atoms with Gasteiger partial charge >= 0.3 is 11.9 Å². The van der Waals surface area contributed by atoms with Crippen LogP contribution in [0.25, 0.3) is 0 Å². The highest BCUT2D eigenvalue weighted by Crippen LogP contribution is 2.31. The summed E-state index contributed by atoms with van der Waals surface area (Å²) in [5.74, 6) is -4.08. The summed E-state index contributed by atoms with van der Waals surface area (Å²) in [7, 11) is 4.07. The van der Waals surface area contributed by atoms with Crippen LogP contribution >= 0.6 is 0 Å². The molecule has 0 radical (unpaired) electrons. The van der Waals surface area contributed by atoms with Crippen LogP contribution in [0.5, 0.6) is 34.5 Å². The quantitative estimate of drug-likeness (QED) is 0.0321. The summed E-state index contributed by atoms with van der Waals surface area (Å²) < 4.78 is 14.6. The number of phenolic OH excluding ortho intramolecular Hbond substituents is 3. The van der Waals surface area contributed by atoms with Crippen molar-refractivity contribution >= 4 is 29.7 Å². The van der Waals surface area contributed by atoms with Crippen LogP contribution in [0.4, 0.5) is 0 Å². The van der Waals surface area contributed by atoms with Gasteiger partial charge < -0.3 is 65.8 Å². The third kappa shape index (κ3) is 22.1. The number of carboxylic acid groups (broad SMARTS) is 1. The average molecular weight is 960 g/mol. The van der Waals surface area contributed by atoms with E-state index in [-0.39, 0.29) is 58.5 Å². The van der Waals surface area contributed by atoms with Crippen molar-refractivity contribution in [2.75, 3.05) is 34.4 Å². The Bertz CT molecular complexity index is 1960. The van der Waals surface area contributed by atoms with E-state index in [0.717, 1.165) is 19.4 Å². The monoisotopic (exact) mass is 959 g/mol. The zero-order valence-corrected chi connectivity index (χ0v) is 40.0. The SMILES string of the molecule is CCCCCCCCCN.CCCCCCCCCNC(=O)C(O)c1ccc(O)c(OC)c1.COc1cc(C(O)C(=O)O)ccc1O.COc1cc(C(O)C(=O)ON2C(=O)CCC2=O)ccc1O. The van der Waals surface area contributed by atoms with Gasteiger partial charge in [-0.15, -0.1) is 5.06 Å². The first-order valence-corrected chi connectivity index (χ1v) is 22.9. The van der Waals surface area contributed by atoms with E-state index >= 15 is 0 Å². The predicted octanol–water partition coefficient (Wildman–Crippen LogP) is 6.56. The Balaban J connectivity index is 0.000000474. The number of carbonyl (C=O) groups excluding carboxylic acids is 4. The molecule has 1 saturated heterocycles. The number of methoxy groups -OCH3 is 3. The van der Waals surface area contributed by atoms with E-state index in [1.165, 1.54) is 153 Å². The van der Waals surface area contributed by atoms with Crippen LogP contribution in [0.2, 0.25) is 0 Å². The number of nitrogens with zero attached hydrogens (tertiary/aromatic N) is 1. The van der Waals surface area contributed by atoms with Crippen molar-refractivity contribution in [1.29, 1.82) is 0 Å². The number of carbonyl (C=O) groups is 5. The number of rotatable bonds is 25. The summed E-state index contributed by atoms with van der Waals surface area (Å²) in [5.41, 5.74) is 6.02. The van der Waals surface area contributed by atoms with Crippen LogP contribution in [0.1, 0.15) is 152 Å². The number of aliphatic hydroxyl groups is 3. The van der Waals surface area contributed by atoms with Gasteiger partial charge in [-0.1, -0.05) is 109 Å². The van der Waals surface area contributed by atoms with Crippen molar-refractivity contribution in [2.24, 2.45) is 5.73 Å². The number of amides is 3. The lowest BCUT2D eigenvalue weighted by atomic mass is 10.1. The molecule has 1 heterocycles. The number of phenols is 3. The smallest absolute Gasteiger partial charge is 0.365 e. The molecule has 3 amide bonds. The summed E-state index contributed by atoms with van der Waals surface area (Å²) in [5, 5.41) is 68.9. The number of ether oxygens (including phenoxy) is 3. The number of unbranched alkanes of at least 4 members (excludes halogenated alkanes) is 12. The number of hydrogen-bond acceptors (Lipinski definition) is 16. The number of aliphatic hydroxyl groups excluding tert-OH is 3. The van der Waals surface area contributed by atoms with Crippen LogP contribution in [0, 0.1) is 0 Å². The predicted molar refractivity (Wildman–Crippen MR) is 252 cm³/mol. The third-order valence-corrected chi connectivity index (χ3v) is 10.3. The van der Waals surface area contributed by atoms with E-state index < -0.39 is 48.0 Å². The minimum Gasteiger partial charge on any atom is -0.504 e. The van der Waals surface area contributed by atoms with Gasteiger partial charge in [0.25, 0.3) is 17.7 Å². The van der Waals surface area contributed by atoms with Crippen molar-refractivity contribution in [1.82, 2.24) is 10.4 Å². The van der Waals surface area contributed by atoms with Gasteiger partial charge in [0.15, 0.2) is 52.8 Å². The zero-order valence-electron chi connectivity index (χ0n) is 40.0. The number of aromatic hydroxyl groups is 3. The summed E-state index contributed by atoms with van der Waals surface area (Å²) >= 11 is 0. The molecule has 19 nitrogen and oxygen atoms in total. The topological polar surface area (TPSA) is 305 Å². The van der Waals surface area contributed by atoms with Gasteiger partial charge in [-0.3, -0.25) is 14.4 Å². The number of imide groups is 1. The molecule has 19 heteroatoms. The molecule has 1 aliphatic rings. The lowest BCUT2D eigenvalue weighted by molar-refractivity contribution is -0.203. The highest BCUT2D eigenvalue weighted by Gasteiger charge is 2.35. The number of carboxylic acids is 1. The normalized spacial score (nSPS) is 13.0. The largest absolute Gasteiger partial charge is 0.504 e. The third-order valence-electron chi connectivity index (χ3n) is 10.3. The molecule has 3 aromatic carbocycles. The maximum absolute atomic E-state index is 11.9. The van der Waals surface area contributed by atoms with E-state index in [1.54, 1.807) is 0 Å². The molecular weight excluding hydrogens is 887 g/mol. The zero-order chi connectivity index (χ0) is 51.0. The molecule has 10 N–H and O–H groups in total. The maximum atomic E-state index is 11.9. The highest BCUT2D eigenvalue weighted by molar-refractivity contribution is 6.01. The van der Waals surface area contributed by atoms with Crippen LogP contribution in [0.15, 0.2) is 54.6 Å². The lowest BCUT2D eigenvalue weighted by Crippen LogP contribution is -2.34. The van der Waals surface area contributed by atoms with Crippen molar-refractivity contribution < 1.29 is 78.8 Å². The molecule has 68 heavy (non-hydrogen) atoms. The van der Waals surface area contributed by atoms with Crippen molar-refractivity contribution in [2.45, 2.75) is 135 Å². The van der Waals surface area contributed by atoms with Gasteiger partial charge in [-0.2, -0.15) is 0 Å². The number of nitrogens with one attached hydrogen (secondary N) is 1. The summed E-state index contributed by atoms with van der Waals surface area (Å²) in [6, 6.07) is 12.0. The Labute approximate surface area is 398 Å². The molecule has 3 atom stereocenters. The minimum absolute atomic E-state index is 0.0214. The Kier molecular flexibility index (Phi) is 30.1. The Morgan fingerprint density at radius 3 is 1.34 bits per heavy atom. The Morgan fingerprint density at radius 2 is 0.956 bits per heavy atom. The Morgan fingerprint density at radius 1 is 0.588 bits per heavy atom. The van der Waals surface area contributed by atoms with Gasteiger partial charge in [0.1, 0.15) is 0 Å². The first-order valence-electron chi connectivity index (χ1n) is 22.9. The van der Waals surface area contributed by atoms with E-state index in [2.05, 4.69) is 24.0 Å². The van der Waals surface area contributed by atoms with Crippen molar-refractivity contribution in [3.8, 4) is 34.5 Å². The van der Waals surface area contributed by atoms with Gasteiger partial charge in [-0.25, -0.2) is 9.59 Å². The molecule has 0 spiro atoms. The first-order chi connectivity index (χ1) is 32.5. The maximum Gasteiger partial charge on any atom is 0.365 e. The molecule has 0 saturated carbocycles. The Hall–Kier alpha value is -6.15. The van der Waals surface area contributed by atoms with Gasteiger partial charge in [0.05, 0.1) is 21.3 Å². The van der Waals surface area contributed by atoms with Gasteiger partial charge in [0, 0.05) is 19.4 Å². The molecule has 1 fully saturated rings. The van der Waals surface area contributed by atoms with Crippen LogP contribution in [0.3, 0.4) is 0 Å². The van der Waals surface area contributed by atoms with Crippen LogP contribution in [-0.2, 0) is 28.8 Å². The second kappa shape index (κ2) is 34.2. The molecule has 0 aromatic heterocycles. The van der Waals surface area contributed by atoms with E-state index in [9.17, 15) is 54.6 Å². The standard InChI is InChI=1S/C18H29NO4.C13H13NO7.C9H21N.C9H10O5/c1-3-4-5-6-7-8-9-12-19-18(22)17(21)14-10-11-15(20)16(13-14)23-2;1-20-9-6-7(2-3-8(9)15)12(18)13(19)21-14-10(16)4-5-11(14)17;1-2-3-4-5-6-7-8-9-10;1-14-7-4-5(2-3-6(7)10)8(11)9(12)13/h10-11,13,17,20-21H,3-9,12H2,1-2H3,(H,19,22);2-3,6,12,15,18H,4-5H2,1H3;2-10H2,1H3;2-4,8,10-11H,1H3,(H,12,13). The van der Waals surface area contributed by atoms with E-state index in [0.29, 0.717) is 17.2 Å². The minimum atomic E-state index is -1.72. The molecule has 380 valence electrons. The average Bonchev–Trinajstić information content (AvgIpc) is 3.65. The lowest BCUT2D eigenvalue weighted by Gasteiger charge is -2.16. The fraction of sp³-hybridized carbons (Fsp3) is 0.531. The highest BCUT2D eigenvalue weighted by atomic mass is 16.7. The molecule has 4 rings (SSSR count). The molecule has 3 aromatic rings. The summed E-state index contributed by atoms with van der Waals surface area (Å²) in [6.07, 6.45) is 13.1. The molecule has 1 aliphatic heterocycles. The van der Waals surface area contributed by atoms with Crippen molar-refractivity contribution in [3.63, 3.8) is 0 Å². The van der Waals surface area contributed by atoms with Gasteiger partial charge in [-0.05, 0) is 72.5 Å². The van der Waals surface area contributed by atoms with Crippen molar-refractivity contribution in [3.05, 3.63) is 71.3 Å². The number of hydrogen-bond donors (Lipinski definition) is 9. The van der Waals surface area contributed by atoms with E-state index in [1.807, 2.05) is 0 Å². The summed E-state index contributed by atoms with van der Waals surface area (Å²) in [6.45, 7) is 5.89. The van der Waals surface area contributed by atoms with Crippen LogP contribution in [-0.4, -0.2) is 105 Å². The molecule has 0 aliphatic carbocycles. The first kappa shape index (κ1) is 59.9. The summed E-state index contributed by atoms with van der Waals surface area (Å²) in [4.78, 5) is 61.4. The molecular formula is C49H73N3O16. The van der Waals surface area contributed by atoms with Crippen LogP contribution < -0.4 is 25.3 Å².